The average molecular weight is 212 g/mol. The normalized spacial score (nSPS) is 12.5. The van der Waals surface area contributed by atoms with Gasteiger partial charge in [0.25, 0.3) is 5.91 Å². The molecule has 6 heteroatoms. The lowest BCUT2D eigenvalue weighted by atomic mass is 10.2. The van der Waals surface area contributed by atoms with Gasteiger partial charge >= 0.3 is 0 Å². The monoisotopic (exact) mass is 212 g/mol. The van der Waals surface area contributed by atoms with E-state index in [1.807, 2.05) is 6.92 Å². The van der Waals surface area contributed by atoms with Gasteiger partial charge in [-0.3, -0.25) is 9.89 Å². The van der Waals surface area contributed by atoms with E-state index in [2.05, 4.69) is 15.5 Å². The Morgan fingerprint density at radius 3 is 3.00 bits per heavy atom. The van der Waals surface area contributed by atoms with Gasteiger partial charge in [-0.15, -0.1) is 0 Å². The van der Waals surface area contributed by atoms with E-state index in [1.54, 1.807) is 6.20 Å². The minimum absolute atomic E-state index is 0.173. The minimum Gasteiger partial charge on any atom is -0.370 e. The van der Waals surface area contributed by atoms with Crippen molar-refractivity contribution in [1.29, 1.82) is 0 Å². The third kappa shape index (κ3) is 3.03. The van der Waals surface area contributed by atoms with Gasteiger partial charge in [-0.05, 0) is 6.92 Å². The van der Waals surface area contributed by atoms with Gasteiger partial charge in [-0.2, -0.15) is 5.10 Å². The van der Waals surface area contributed by atoms with E-state index in [9.17, 15) is 4.79 Å². The number of hydrogen-bond donors (Lipinski definition) is 3. The molecule has 1 heterocycles. The fourth-order valence-corrected chi connectivity index (χ4v) is 1.16. The highest BCUT2D eigenvalue weighted by Crippen LogP contribution is 2.01. The number of nitrogens with zero attached hydrogens (tertiary/aromatic N) is 1. The maximum atomic E-state index is 11.5. The molecule has 0 saturated carbocycles. The summed E-state index contributed by atoms with van der Waals surface area (Å²) < 4.78 is 4.90. The number of rotatable bonds is 5. The number of hydrogen-bond acceptors (Lipinski definition) is 4. The highest BCUT2D eigenvalue weighted by molar-refractivity contribution is 5.80. The molecule has 6 nitrogen and oxygen atoms in total. The third-order valence-corrected chi connectivity index (χ3v) is 2.18. The summed E-state index contributed by atoms with van der Waals surface area (Å²) in [7, 11) is 1.46. The topological polar surface area (TPSA) is 93.0 Å². The van der Waals surface area contributed by atoms with E-state index in [1.165, 1.54) is 7.11 Å². The summed E-state index contributed by atoms with van der Waals surface area (Å²) in [5.74, 6) is -0.208. The predicted octanol–water partition coefficient (Wildman–Crippen LogP) is -0.692. The molecule has 0 aromatic carbocycles. The molecule has 1 rings (SSSR count). The summed E-state index contributed by atoms with van der Waals surface area (Å²) >= 11 is 0. The molecule has 0 spiro atoms. The van der Waals surface area contributed by atoms with Crippen LogP contribution in [-0.2, 0) is 16.1 Å². The maximum absolute atomic E-state index is 11.5. The van der Waals surface area contributed by atoms with Crippen molar-refractivity contribution in [1.82, 2.24) is 15.5 Å². The maximum Gasteiger partial charge on any atom is 0.250 e. The molecule has 1 amide bonds. The molecule has 1 aromatic rings. The van der Waals surface area contributed by atoms with Crippen molar-refractivity contribution >= 4 is 5.91 Å². The van der Waals surface area contributed by atoms with Crippen molar-refractivity contribution in [2.24, 2.45) is 5.73 Å². The zero-order valence-corrected chi connectivity index (χ0v) is 8.91. The molecule has 0 aliphatic carbocycles. The van der Waals surface area contributed by atoms with Crippen LogP contribution in [0.15, 0.2) is 6.20 Å². The highest BCUT2D eigenvalue weighted by atomic mass is 16.5. The van der Waals surface area contributed by atoms with Crippen molar-refractivity contribution in [2.75, 3.05) is 13.7 Å². The van der Waals surface area contributed by atoms with Crippen molar-refractivity contribution in [3.05, 3.63) is 17.5 Å². The van der Waals surface area contributed by atoms with Crippen LogP contribution in [0.4, 0.5) is 0 Å². The van der Waals surface area contributed by atoms with E-state index in [-0.39, 0.29) is 12.5 Å². The van der Waals surface area contributed by atoms with Crippen molar-refractivity contribution in [3.63, 3.8) is 0 Å². The van der Waals surface area contributed by atoms with Gasteiger partial charge in [0.1, 0.15) is 6.10 Å². The molecular formula is C9H16N4O2. The van der Waals surface area contributed by atoms with Crippen LogP contribution in [0, 0.1) is 6.92 Å². The lowest BCUT2D eigenvalue weighted by molar-refractivity contribution is -0.130. The van der Waals surface area contributed by atoms with Crippen LogP contribution in [0.3, 0.4) is 0 Å². The number of aromatic amines is 1. The molecular weight excluding hydrogens is 196 g/mol. The second kappa shape index (κ2) is 5.47. The lowest BCUT2D eigenvalue weighted by Gasteiger charge is -2.12. The van der Waals surface area contributed by atoms with Gasteiger partial charge in [0.15, 0.2) is 0 Å². The molecule has 0 saturated heterocycles. The predicted molar refractivity (Wildman–Crippen MR) is 55.0 cm³/mol. The van der Waals surface area contributed by atoms with Crippen LogP contribution >= 0.6 is 0 Å². The Kier molecular flexibility index (Phi) is 4.26. The number of methoxy groups -OCH3 is 1. The first kappa shape index (κ1) is 11.7. The van der Waals surface area contributed by atoms with E-state index in [0.717, 1.165) is 11.3 Å². The largest absolute Gasteiger partial charge is 0.370 e. The molecule has 0 fully saturated rings. The first-order valence-corrected chi connectivity index (χ1v) is 4.68. The molecule has 1 atom stereocenters. The Hall–Kier alpha value is -1.40. The highest BCUT2D eigenvalue weighted by Gasteiger charge is 2.15. The zero-order valence-electron chi connectivity index (χ0n) is 8.91. The van der Waals surface area contributed by atoms with E-state index >= 15 is 0 Å². The fraction of sp³-hybridized carbons (Fsp3) is 0.556. The van der Waals surface area contributed by atoms with Gasteiger partial charge in [-0.25, -0.2) is 0 Å². The molecule has 1 aromatic heterocycles. The first-order chi connectivity index (χ1) is 7.19. The number of amides is 1. The van der Waals surface area contributed by atoms with Crippen molar-refractivity contribution < 1.29 is 9.53 Å². The number of aryl methyl sites for hydroxylation is 1. The number of carbonyl (C=O) groups is 1. The number of nitrogens with one attached hydrogen (secondary N) is 2. The Bertz CT molecular complexity index is 320. The Labute approximate surface area is 88.2 Å². The Morgan fingerprint density at radius 1 is 1.80 bits per heavy atom. The first-order valence-electron chi connectivity index (χ1n) is 4.68. The number of nitrogens with two attached hydrogens (primary N) is 1. The standard InChI is InChI=1S/C9H16N4O2/c1-6-7(5-12-13-6)4-11-9(14)8(3-10)15-2/h5,8H,3-4,10H2,1-2H3,(H,11,14)(H,12,13). The van der Waals surface area contributed by atoms with E-state index in [4.69, 9.17) is 10.5 Å². The summed E-state index contributed by atoms with van der Waals surface area (Å²) in [5, 5.41) is 9.37. The van der Waals surface area contributed by atoms with Crippen LogP contribution in [0.5, 0.6) is 0 Å². The SMILES string of the molecule is COC(CN)C(=O)NCc1cn[nH]c1C. The molecule has 4 N–H and O–H groups in total. The zero-order chi connectivity index (χ0) is 11.3. The van der Waals surface area contributed by atoms with Crippen LogP contribution in [-0.4, -0.2) is 35.9 Å². The summed E-state index contributed by atoms with van der Waals surface area (Å²) in [6.45, 7) is 2.50. The molecule has 15 heavy (non-hydrogen) atoms. The lowest BCUT2D eigenvalue weighted by Crippen LogP contribution is -2.40. The minimum atomic E-state index is -0.586. The smallest absolute Gasteiger partial charge is 0.250 e. The van der Waals surface area contributed by atoms with Gasteiger partial charge in [0, 0.05) is 31.5 Å². The second-order valence-corrected chi connectivity index (χ2v) is 3.20. The van der Waals surface area contributed by atoms with Crippen LogP contribution in [0.1, 0.15) is 11.3 Å². The number of carbonyl (C=O) groups excluding carboxylic acids is 1. The molecule has 84 valence electrons. The van der Waals surface area contributed by atoms with Gasteiger partial charge in [-0.1, -0.05) is 0 Å². The number of aromatic nitrogens is 2. The Balaban J connectivity index is 2.43. The van der Waals surface area contributed by atoms with E-state index < -0.39 is 6.10 Å². The summed E-state index contributed by atoms with van der Waals surface area (Å²) in [6.07, 6.45) is 1.09. The van der Waals surface area contributed by atoms with Crippen LogP contribution < -0.4 is 11.1 Å². The van der Waals surface area contributed by atoms with Gasteiger partial charge in [0.05, 0.1) is 6.20 Å². The average Bonchev–Trinajstić information content (AvgIpc) is 2.63. The summed E-state index contributed by atoms with van der Waals surface area (Å²) in [4.78, 5) is 11.5. The van der Waals surface area contributed by atoms with E-state index in [0.29, 0.717) is 6.54 Å². The number of ether oxygens (including phenoxy) is 1. The van der Waals surface area contributed by atoms with Crippen molar-refractivity contribution in [3.8, 4) is 0 Å². The number of H-pyrrole nitrogens is 1. The quantitative estimate of drug-likeness (QED) is 0.602. The Morgan fingerprint density at radius 2 is 2.53 bits per heavy atom. The molecule has 1 unspecified atom stereocenters. The van der Waals surface area contributed by atoms with Gasteiger partial charge in [0.2, 0.25) is 0 Å². The molecule has 0 aliphatic rings. The fourth-order valence-electron chi connectivity index (χ4n) is 1.16. The van der Waals surface area contributed by atoms with Crippen LogP contribution in [0.25, 0.3) is 0 Å². The summed E-state index contributed by atoms with van der Waals surface area (Å²) in [5.41, 5.74) is 7.25. The summed E-state index contributed by atoms with van der Waals surface area (Å²) in [6, 6.07) is 0. The molecule has 0 aliphatic heterocycles. The van der Waals surface area contributed by atoms with Gasteiger partial charge < -0.3 is 15.8 Å². The van der Waals surface area contributed by atoms with Crippen molar-refractivity contribution in [2.45, 2.75) is 19.6 Å². The molecule has 0 bridgehead atoms. The second-order valence-electron chi connectivity index (χ2n) is 3.20. The molecule has 0 radical (unpaired) electrons. The third-order valence-electron chi connectivity index (χ3n) is 2.18. The van der Waals surface area contributed by atoms with Crippen LogP contribution in [0.2, 0.25) is 0 Å².